The average molecular weight is 380 g/mol. The quantitative estimate of drug-likeness (QED) is 0.798. The van der Waals surface area contributed by atoms with Crippen LogP contribution in [-0.2, 0) is 22.7 Å². The third kappa shape index (κ3) is 4.50. The topological polar surface area (TPSA) is 63.2 Å². The predicted octanol–water partition coefficient (Wildman–Crippen LogP) is 3.16. The Morgan fingerprint density at radius 2 is 1.96 bits per heavy atom. The highest BCUT2D eigenvalue weighted by Gasteiger charge is 2.21. The minimum Gasteiger partial charge on any atom is -0.358 e. The van der Waals surface area contributed by atoms with Gasteiger partial charge in [-0.15, -0.1) is 0 Å². The molecule has 1 aliphatic rings. The van der Waals surface area contributed by atoms with Crippen molar-refractivity contribution in [3.63, 3.8) is 0 Å². The van der Waals surface area contributed by atoms with Crippen LogP contribution in [0.2, 0.25) is 5.02 Å². The molecule has 5 nitrogen and oxygen atoms in total. The first-order chi connectivity index (χ1) is 11.8. The maximum absolute atomic E-state index is 11.5. The van der Waals surface area contributed by atoms with Crippen LogP contribution in [-0.4, -0.2) is 44.0 Å². The van der Waals surface area contributed by atoms with Crippen molar-refractivity contribution >= 4 is 27.3 Å². The normalized spacial score (nSPS) is 14.2. The summed E-state index contributed by atoms with van der Waals surface area (Å²) in [6.07, 6.45) is 5.35. The van der Waals surface area contributed by atoms with Crippen LogP contribution in [0.1, 0.15) is 24.1 Å². The van der Waals surface area contributed by atoms with Crippen molar-refractivity contribution in [2.24, 2.45) is 0 Å². The van der Waals surface area contributed by atoms with Crippen LogP contribution in [0.15, 0.2) is 24.3 Å². The third-order valence-electron chi connectivity index (χ3n) is 4.40. The van der Waals surface area contributed by atoms with E-state index >= 15 is 0 Å². The number of rotatable bonds is 5. The Balaban J connectivity index is 2.02. The fourth-order valence-corrected chi connectivity index (χ4v) is 3.85. The van der Waals surface area contributed by atoms with E-state index in [0.717, 1.165) is 48.3 Å². The Morgan fingerprint density at radius 3 is 2.68 bits per heavy atom. The van der Waals surface area contributed by atoms with Crippen molar-refractivity contribution in [3.05, 3.63) is 40.5 Å². The van der Waals surface area contributed by atoms with Gasteiger partial charge in [0.25, 0.3) is 0 Å². The number of hydrogen-bond acceptors (Lipinski definition) is 5. The molecule has 0 saturated heterocycles. The van der Waals surface area contributed by atoms with Gasteiger partial charge in [0.1, 0.15) is 15.7 Å². The van der Waals surface area contributed by atoms with E-state index < -0.39 is 9.84 Å². The van der Waals surface area contributed by atoms with Gasteiger partial charge < -0.3 is 4.90 Å². The van der Waals surface area contributed by atoms with Crippen LogP contribution in [0.4, 0.5) is 5.82 Å². The number of anilines is 1. The van der Waals surface area contributed by atoms with E-state index in [9.17, 15) is 8.42 Å². The zero-order chi connectivity index (χ0) is 18.0. The summed E-state index contributed by atoms with van der Waals surface area (Å²) in [5, 5.41) is 0.644. The van der Waals surface area contributed by atoms with Gasteiger partial charge in [0, 0.05) is 41.7 Å². The van der Waals surface area contributed by atoms with Crippen molar-refractivity contribution in [3.8, 4) is 11.4 Å². The summed E-state index contributed by atoms with van der Waals surface area (Å²) in [7, 11) is -1.13. The number of sulfone groups is 1. The number of hydrogen-bond donors (Lipinski definition) is 0. The zero-order valence-corrected chi connectivity index (χ0v) is 16.1. The summed E-state index contributed by atoms with van der Waals surface area (Å²) in [6.45, 7) is 0.414. The molecule has 7 heteroatoms. The van der Waals surface area contributed by atoms with Gasteiger partial charge in [0.05, 0.1) is 5.75 Å². The second-order valence-corrected chi connectivity index (χ2v) is 9.26. The van der Waals surface area contributed by atoms with E-state index in [4.69, 9.17) is 21.6 Å². The molecule has 134 valence electrons. The van der Waals surface area contributed by atoms with Crippen molar-refractivity contribution in [2.45, 2.75) is 25.7 Å². The maximum atomic E-state index is 11.5. The van der Waals surface area contributed by atoms with Gasteiger partial charge in [-0.1, -0.05) is 23.7 Å². The summed E-state index contributed by atoms with van der Waals surface area (Å²) in [5.74, 6) is 1.59. The number of halogens is 1. The first-order valence-corrected chi connectivity index (χ1v) is 10.8. The Labute approximate surface area is 154 Å². The molecule has 3 rings (SSSR count). The van der Waals surface area contributed by atoms with E-state index in [0.29, 0.717) is 17.4 Å². The van der Waals surface area contributed by atoms with Gasteiger partial charge in [0.15, 0.2) is 5.82 Å². The number of aromatic nitrogens is 2. The Kier molecular flexibility index (Phi) is 5.29. The molecule has 0 aliphatic heterocycles. The second-order valence-electron chi connectivity index (χ2n) is 6.56. The number of aryl methyl sites for hydroxylation is 1. The van der Waals surface area contributed by atoms with Crippen LogP contribution in [0.5, 0.6) is 0 Å². The fourth-order valence-electron chi connectivity index (χ4n) is 3.06. The largest absolute Gasteiger partial charge is 0.358 e. The van der Waals surface area contributed by atoms with Crippen LogP contribution in [0.25, 0.3) is 11.4 Å². The highest BCUT2D eigenvalue weighted by atomic mass is 35.5. The van der Waals surface area contributed by atoms with Crippen molar-refractivity contribution in [1.29, 1.82) is 0 Å². The SMILES string of the molecule is CN(CCS(C)(=O)=O)c1nc(-c2cccc(Cl)c2)nc2c1CCCC2. The van der Waals surface area contributed by atoms with Gasteiger partial charge >= 0.3 is 0 Å². The van der Waals surface area contributed by atoms with Crippen LogP contribution >= 0.6 is 11.6 Å². The molecule has 0 fully saturated rings. The molecule has 0 amide bonds. The molecule has 1 aromatic carbocycles. The first-order valence-electron chi connectivity index (χ1n) is 8.38. The lowest BCUT2D eigenvalue weighted by Crippen LogP contribution is -2.28. The zero-order valence-electron chi connectivity index (χ0n) is 14.5. The molecule has 0 atom stereocenters. The lowest BCUT2D eigenvalue weighted by Gasteiger charge is -2.25. The van der Waals surface area contributed by atoms with Crippen LogP contribution in [0, 0.1) is 0 Å². The van der Waals surface area contributed by atoms with Crippen molar-refractivity contribution in [1.82, 2.24) is 9.97 Å². The van der Waals surface area contributed by atoms with Crippen molar-refractivity contribution in [2.75, 3.05) is 30.5 Å². The molecule has 0 spiro atoms. The smallest absolute Gasteiger partial charge is 0.161 e. The predicted molar refractivity (Wildman–Crippen MR) is 102 cm³/mol. The van der Waals surface area contributed by atoms with E-state index in [-0.39, 0.29) is 5.75 Å². The summed E-state index contributed by atoms with van der Waals surface area (Å²) >= 11 is 6.11. The lowest BCUT2D eigenvalue weighted by molar-refractivity contribution is 0.600. The minimum atomic E-state index is -3.02. The molecule has 0 bridgehead atoms. The first kappa shape index (κ1) is 18.1. The van der Waals surface area contributed by atoms with Gasteiger partial charge in [0.2, 0.25) is 0 Å². The fraction of sp³-hybridized carbons (Fsp3) is 0.444. The Hall–Kier alpha value is -1.66. The number of fused-ring (bicyclic) bond motifs is 1. The minimum absolute atomic E-state index is 0.106. The van der Waals surface area contributed by atoms with Gasteiger partial charge in [-0.2, -0.15) is 0 Å². The monoisotopic (exact) mass is 379 g/mol. The summed E-state index contributed by atoms with van der Waals surface area (Å²) in [5.41, 5.74) is 3.09. The van der Waals surface area contributed by atoms with Crippen LogP contribution < -0.4 is 4.90 Å². The van der Waals surface area contributed by atoms with Gasteiger partial charge in [-0.05, 0) is 37.8 Å². The molecular formula is C18H22ClN3O2S. The number of nitrogens with zero attached hydrogens (tertiary/aromatic N) is 3. The van der Waals surface area contributed by atoms with E-state index in [1.807, 2.05) is 36.2 Å². The Morgan fingerprint density at radius 1 is 1.20 bits per heavy atom. The summed E-state index contributed by atoms with van der Waals surface area (Å²) in [4.78, 5) is 11.5. The Bertz CT molecular complexity index is 884. The van der Waals surface area contributed by atoms with E-state index in [2.05, 4.69) is 0 Å². The standard InChI is InChI=1S/C18H22ClN3O2S/c1-22(10-11-25(2,23)24)18-15-8-3-4-9-16(15)20-17(21-18)13-6-5-7-14(19)12-13/h5-7,12H,3-4,8-11H2,1-2H3. The highest BCUT2D eigenvalue weighted by molar-refractivity contribution is 7.90. The molecule has 0 N–H and O–H groups in total. The second kappa shape index (κ2) is 7.30. The maximum Gasteiger partial charge on any atom is 0.161 e. The van der Waals surface area contributed by atoms with E-state index in [1.54, 1.807) is 0 Å². The number of benzene rings is 1. The van der Waals surface area contributed by atoms with Gasteiger partial charge in [-0.25, -0.2) is 18.4 Å². The molecule has 1 heterocycles. The molecule has 1 aromatic heterocycles. The molecule has 1 aliphatic carbocycles. The summed E-state index contributed by atoms with van der Waals surface area (Å²) < 4.78 is 23.0. The molecule has 25 heavy (non-hydrogen) atoms. The third-order valence-corrected chi connectivity index (χ3v) is 5.56. The average Bonchev–Trinajstić information content (AvgIpc) is 2.58. The molecular weight excluding hydrogens is 358 g/mol. The van der Waals surface area contributed by atoms with Crippen LogP contribution in [0.3, 0.4) is 0 Å². The molecule has 0 saturated carbocycles. The summed E-state index contributed by atoms with van der Waals surface area (Å²) in [6, 6.07) is 7.50. The lowest BCUT2D eigenvalue weighted by atomic mass is 9.96. The molecule has 0 radical (unpaired) electrons. The van der Waals surface area contributed by atoms with Gasteiger partial charge in [-0.3, -0.25) is 0 Å². The highest BCUT2D eigenvalue weighted by Crippen LogP contribution is 2.30. The van der Waals surface area contributed by atoms with Crippen molar-refractivity contribution < 1.29 is 8.42 Å². The van der Waals surface area contributed by atoms with E-state index in [1.165, 1.54) is 6.26 Å². The molecule has 2 aromatic rings. The molecule has 0 unspecified atom stereocenters.